The van der Waals surface area contributed by atoms with Gasteiger partial charge in [0.2, 0.25) is 0 Å². The molecule has 1 heterocycles. The Hall–Kier alpha value is -1.96. The number of Topliss-reactive ketones (excluding diaryl/α,β-unsaturated/α-hetero) is 1. The van der Waals surface area contributed by atoms with Crippen LogP contribution in [0.2, 0.25) is 0 Å². The van der Waals surface area contributed by atoms with Gasteiger partial charge in [0, 0.05) is 23.9 Å². The number of carbonyl (C=O) groups is 1. The van der Waals surface area contributed by atoms with Crippen LogP contribution in [0.25, 0.3) is 0 Å². The Morgan fingerprint density at radius 2 is 1.78 bits per heavy atom. The van der Waals surface area contributed by atoms with Crippen LogP contribution in [0.4, 0.5) is 0 Å². The molecule has 0 aliphatic rings. The van der Waals surface area contributed by atoms with Gasteiger partial charge in [0.05, 0.1) is 0 Å². The van der Waals surface area contributed by atoms with Crippen molar-refractivity contribution < 1.29 is 4.79 Å². The third-order valence-corrected chi connectivity index (χ3v) is 3.26. The van der Waals surface area contributed by atoms with Gasteiger partial charge in [0.1, 0.15) is 0 Å². The van der Waals surface area contributed by atoms with Crippen molar-refractivity contribution in [3.8, 4) is 0 Å². The zero-order valence-corrected chi connectivity index (χ0v) is 11.0. The quantitative estimate of drug-likeness (QED) is 0.765. The Bertz CT molecular complexity index is 561. The maximum Gasteiger partial charge on any atom is 0.170 e. The van der Waals surface area contributed by atoms with Gasteiger partial charge in [0.15, 0.2) is 5.78 Å². The Labute approximate surface area is 108 Å². The van der Waals surface area contributed by atoms with E-state index >= 15 is 0 Å². The lowest BCUT2D eigenvalue weighted by Gasteiger charge is -2.13. The van der Waals surface area contributed by atoms with Crippen LogP contribution in [0.1, 0.15) is 39.9 Å². The van der Waals surface area contributed by atoms with Crippen LogP contribution in [-0.4, -0.2) is 10.8 Å². The molecule has 0 spiro atoms. The summed E-state index contributed by atoms with van der Waals surface area (Å²) in [6, 6.07) is 9.79. The molecule has 0 fully saturated rings. The fourth-order valence-electron chi connectivity index (χ4n) is 2.04. The van der Waals surface area contributed by atoms with E-state index in [0.29, 0.717) is 0 Å². The molecule has 1 unspecified atom stereocenters. The zero-order valence-electron chi connectivity index (χ0n) is 11.0. The lowest BCUT2D eigenvalue weighted by molar-refractivity contribution is 0.0965. The summed E-state index contributed by atoms with van der Waals surface area (Å²) in [4.78, 5) is 16.5. The first kappa shape index (κ1) is 12.5. The molecule has 92 valence electrons. The molecule has 2 nitrogen and oxygen atoms in total. The van der Waals surface area contributed by atoms with Gasteiger partial charge in [-0.3, -0.25) is 9.78 Å². The van der Waals surface area contributed by atoms with Gasteiger partial charge >= 0.3 is 0 Å². The molecule has 1 aromatic carbocycles. The molecule has 2 heteroatoms. The number of aryl methyl sites for hydroxylation is 2. The van der Waals surface area contributed by atoms with Gasteiger partial charge in [-0.25, -0.2) is 0 Å². The standard InChI is InChI=1S/C16H17NO/c1-11-4-5-12(2)15(10-11)16(18)13(3)14-6-8-17-9-7-14/h4-10,13H,1-3H3. The van der Waals surface area contributed by atoms with Crippen LogP contribution in [0.15, 0.2) is 42.7 Å². The van der Waals surface area contributed by atoms with E-state index < -0.39 is 0 Å². The molecule has 0 radical (unpaired) electrons. The molecule has 2 rings (SSSR count). The lowest BCUT2D eigenvalue weighted by atomic mass is 9.90. The summed E-state index contributed by atoms with van der Waals surface area (Å²) in [6.07, 6.45) is 3.45. The summed E-state index contributed by atoms with van der Waals surface area (Å²) in [7, 11) is 0. The maximum absolute atomic E-state index is 12.5. The second-order valence-electron chi connectivity index (χ2n) is 4.68. The van der Waals surface area contributed by atoms with E-state index in [1.54, 1.807) is 12.4 Å². The van der Waals surface area contributed by atoms with Crippen molar-refractivity contribution in [1.29, 1.82) is 0 Å². The monoisotopic (exact) mass is 239 g/mol. The van der Waals surface area contributed by atoms with E-state index in [0.717, 1.165) is 22.3 Å². The molecule has 1 atom stereocenters. The fourth-order valence-corrected chi connectivity index (χ4v) is 2.04. The lowest BCUT2D eigenvalue weighted by Crippen LogP contribution is -2.11. The minimum Gasteiger partial charge on any atom is -0.293 e. The molecule has 0 amide bonds. The molecule has 0 bridgehead atoms. The summed E-state index contributed by atoms with van der Waals surface area (Å²) in [5, 5.41) is 0. The van der Waals surface area contributed by atoms with Crippen molar-refractivity contribution in [2.24, 2.45) is 0 Å². The van der Waals surface area contributed by atoms with E-state index in [4.69, 9.17) is 0 Å². The van der Waals surface area contributed by atoms with Crippen LogP contribution in [0.3, 0.4) is 0 Å². The van der Waals surface area contributed by atoms with Crippen molar-refractivity contribution in [2.75, 3.05) is 0 Å². The Morgan fingerprint density at radius 1 is 1.11 bits per heavy atom. The van der Waals surface area contributed by atoms with Crippen LogP contribution < -0.4 is 0 Å². The fraction of sp³-hybridized carbons (Fsp3) is 0.250. The second-order valence-corrected chi connectivity index (χ2v) is 4.68. The van der Waals surface area contributed by atoms with Crippen molar-refractivity contribution in [1.82, 2.24) is 4.98 Å². The number of hydrogen-bond acceptors (Lipinski definition) is 2. The summed E-state index contributed by atoms with van der Waals surface area (Å²) in [6.45, 7) is 5.93. The average Bonchev–Trinajstić information content (AvgIpc) is 2.41. The van der Waals surface area contributed by atoms with Gasteiger partial charge in [-0.1, -0.05) is 24.6 Å². The molecule has 0 saturated heterocycles. The highest BCUT2D eigenvalue weighted by molar-refractivity contribution is 6.02. The number of aromatic nitrogens is 1. The number of nitrogens with zero attached hydrogens (tertiary/aromatic N) is 1. The van der Waals surface area contributed by atoms with Crippen molar-refractivity contribution >= 4 is 5.78 Å². The molecule has 1 aromatic heterocycles. The number of hydrogen-bond donors (Lipinski definition) is 0. The topological polar surface area (TPSA) is 30.0 Å². The first-order valence-corrected chi connectivity index (χ1v) is 6.11. The minimum absolute atomic E-state index is 0.131. The first-order valence-electron chi connectivity index (χ1n) is 6.11. The van der Waals surface area contributed by atoms with Crippen molar-refractivity contribution in [3.05, 3.63) is 65.0 Å². The normalized spacial score (nSPS) is 12.2. The molecule has 0 N–H and O–H groups in total. The molecule has 18 heavy (non-hydrogen) atoms. The molecular formula is C16H17NO. The summed E-state index contributed by atoms with van der Waals surface area (Å²) < 4.78 is 0. The van der Waals surface area contributed by atoms with E-state index in [1.165, 1.54) is 0 Å². The summed E-state index contributed by atoms with van der Waals surface area (Å²) in [5.41, 5.74) is 3.98. The molecule has 0 aliphatic heterocycles. The van der Waals surface area contributed by atoms with Crippen molar-refractivity contribution in [2.45, 2.75) is 26.7 Å². The van der Waals surface area contributed by atoms with E-state index in [9.17, 15) is 4.79 Å². The van der Waals surface area contributed by atoms with E-state index in [1.807, 2.05) is 51.1 Å². The predicted octanol–water partition coefficient (Wildman–Crippen LogP) is 3.68. The van der Waals surface area contributed by atoms with Crippen molar-refractivity contribution in [3.63, 3.8) is 0 Å². The molecule has 0 aliphatic carbocycles. The Kier molecular flexibility index (Phi) is 3.56. The molecule has 0 saturated carbocycles. The van der Waals surface area contributed by atoms with Gasteiger partial charge in [-0.05, 0) is 43.2 Å². The average molecular weight is 239 g/mol. The van der Waals surface area contributed by atoms with E-state index in [-0.39, 0.29) is 11.7 Å². The number of ketones is 1. The smallest absolute Gasteiger partial charge is 0.170 e. The number of rotatable bonds is 3. The molecular weight excluding hydrogens is 222 g/mol. The Morgan fingerprint density at radius 3 is 2.44 bits per heavy atom. The number of pyridine rings is 1. The van der Waals surface area contributed by atoms with Crippen LogP contribution >= 0.6 is 0 Å². The van der Waals surface area contributed by atoms with Gasteiger partial charge in [-0.15, -0.1) is 0 Å². The summed E-state index contributed by atoms with van der Waals surface area (Å²) in [5.74, 6) is 0.0379. The van der Waals surface area contributed by atoms with Crippen LogP contribution in [-0.2, 0) is 0 Å². The number of carbonyl (C=O) groups excluding carboxylic acids is 1. The van der Waals surface area contributed by atoms with E-state index in [2.05, 4.69) is 4.98 Å². The van der Waals surface area contributed by atoms with Gasteiger partial charge in [-0.2, -0.15) is 0 Å². The van der Waals surface area contributed by atoms with Gasteiger partial charge < -0.3 is 0 Å². The summed E-state index contributed by atoms with van der Waals surface area (Å²) >= 11 is 0. The van der Waals surface area contributed by atoms with Gasteiger partial charge in [0.25, 0.3) is 0 Å². The maximum atomic E-state index is 12.5. The number of benzene rings is 1. The highest BCUT2D eigenvalue weighted by atomic mass is 16.1. The van der Waals surface area contributed by atoms with Crippen LogP contribution in [0.5, 0.6) is 0 Å². The molecule has 2 aromatic rings. The third kappa shape index (κ3) is 2.48. The third-order valence-electron chi connectivity index (χ3n) is 3.26. The predicted molar refractivity (Wildman–Crippen MR) is 72.9 cm³/mol. The highest BCUT2D eigenvalue weighted by Crippen LogP contribution is 2.22. The largest absolute Gasteiger partial charge is 0.293 e. The Balaban J connectivity index is 2.34. The minimum atomic E-state index is -0.131. The first-order chi connectivity index (χ1) is 8.59. The second kappa shape index (κ2) is 5.13. The SMILES string of the molecule is Cc1ccc(C)c(C(=O)C(C)c2ccncc2)c1. The highest BCUT2D eigenvalue weighted by Gasteiger charge is 2.18. The zero-order chi connectivity index (χ0) is 13.1. The van der Waals surface area contributed by atoms with Crippen LogP contribution in [0, 0.1) is 13.8 Å².